The van der Waals surface area contributed by atoms with E-state index >= 15 is 0 Å². The van der Waals surface area contributed by atoms with Gasteiger partial charge in [0, 0.05) is 24.2 Å². The van der Waals surface area contributed by atoms with Gasteiger partial charge in [-0.1, -0.05) is 46.9 Å². The van der Waals surface area contributed by atoms with Crippen molar-refractivity contribution in [3.05, 3.63) is 133 Å². The van der Waals surface area contributed by atoms with Crippen LogP contribution in [0.3, 0.4) is 0 Å². The summed E-state index contributed by atoms with van der Waals surface area (Å²) >= 11 is 17.8. The average molecular weight is 710 g/mol. The number of nitrogens with one attached hydrogen (secondary N) is 2. The molecule has 1 aromatic heterocycles. The fourth-order valence-electron chi connectivity index (χ4n) is 4.30. The lowest BCUT2D eigenvalue weighted by Crippen LogP contribution is -2.24. The molecule has 0 saturated carbocycles. The van der Waals surface area contributed by atoms with Gasteiger partial charge in [-0.15, -0.1) is 0 Å². The van der Waals surface area contributed by atoms with Gasteiger partial charge in [-0.2, -0.15) is 10.5 Å². The lowest BCUT2D eigenvalue weighted by atomic mass is 10.1. The maximum Gasteiger partial charge on any atom is 0.273 e. The molecule has 5 rings (SSSR count). The predicted molar refractivity (Wildman–Crippen MR) is 177 cm³/mol. The van der Waals surface area contributed by atoms with Crippen molar-refractivity contribution in [1.82, 2.24) is 15.3 Å². The zero-order valence-corrected chi connectivity index (χ0v) is 27.6. The highest BCUT2D eigenvalue weighted by molar-refractivity contribution is 6.32. The first kappa shape index (κ1) is 35.7. The first-order valence-electron chi connectivity index (χ1n) is 13.9. The maximum atomic E-state index is 14.9. The fraction of sp³-hybridized carbons (Fsp3) is 0.118. The summed E-state index contributed by atoms with van der Waals surface area (Å²) in [7, 11) is 0. The molecule has 0 aliphatic carbocycles. The molecule has 0 unspecified atom stereocenters. The summed E-state index contributed by atoms with van der Waals surface area (Å²) in [4.78, 5) is 18.4. The first-order chi connectivity index (χ1) is 22.9. The van der Waals surface area contributed by atoms with E-state index in [1.165, 1.54) is 42.7 Å². The van der Waals surface area contributed by atoms with Gasteiger partial charge in [0.15, 0.2) is 28.8 Å². The summed E-state index contributed by atoms with van der Waals surface area (Å²) in [6.45, 7) is 3.54. The monoisotopic (exact) mass is 708 g/mol. The Morgan fingerprint density at radius 3 is 1.81 bits per heavy atom. The van der Waals surface area contributed by atoms with Gasteiger partial charge >= 0.3 is 0 Å². The van der Waals surface area contributed by atoms with Gasteiger partial charge in [-0.3, -0.25) is 4.79 Å². The quantitative estimate of drug-likeness (QED) is 0.146. The number of rotatable bonds is 8. The Balaban J connectivity index is 0.000000229. The zero-order valence-electron chi connectivity index (χ0n) is 25.3. The zero-order chi connectivity index (χ0) is 35.0. The van der Waals surface area contributed by atoms with Crippen LogP contribution in [0.15, 0.2) is 67.0 Å². The summed E-state index contributed by atoms with van der Waals surface area (Å²) in [5, 5.41) is 20.8. The number of aromatic nitrogens is 2. The number of imidazole rings is 1. The van der Waals surface area contributed by atoms with Gasteiger partial charge in [-0.05, 0) is 73.5 Å². The summed E-state index contributed by atoms with van der Waals surface area (Å²) in [5.41, 5.74) is 8.38. The van der Waals surface area contributed by atoms with E-state index < -0.39 is 17.5 Å². The predicted octanol–water partition coefficient (Wildman–Crippen LogP) is 8.67. The number of H-pyrrole nitrogens is 1. The molecule has 0 atom stereocenters. The topological polar surface area (TPSA) is 150 Å². The number of aryl methyl sites for hydroxylation is 2. The average Bonchev–Trinajstić information content (AvgIpc) is 3.50. The normalized spacial score (nSPS) is 10.3. The van der Waals surface area contributed by atoms with Crippen LogP contribution in [0.5, 0.6) is 23.0 Å². The smallest absolute Gasteiger partial charge is 0.273 e. The highest BCUT2D eigenvalue weighted by Crippen LogP contribution is 2.36. The molecule has 48 heavy (non-hydrogen) atoms. The summed E-state index contributed by atoms with van der Waals surface area (Å²) < 4.78 is 40.1. The number of carbonyl (C=O) groups excluding carboxylic acids is 1. The number of amides is 1. The third-order valence-electron chi connectivity index (χ3n) is 6.53. The van der Waals surface area contributed by atoms with Gasteiger partial charge in [0.25, 0.3) is 5.91 Å². The van der Waals surface area contributed by atoms with Crippen LogP contribution in [0.25, 0.3) is 0 Å². The van der Waals surface area contributed by atoms with Crippen molar-refractivity contribution in [2.75, 3.05) is 0 Å². The van der Waals surface area contributed by atoms with Gasteiger partial charge in [0.2, 0.25) is 0 Å². The van der Waals surface area contributed by atoms with Crippen LogP contribution in [-0.4, -0.2) is 15.9 Å². The standard InChI is InChI=1S/C19H13Cl2FN4O2.C15H12ClFN2O/c1-10-4-11(7-23)6-13(5-10)28-17-14(20)3-2-12(15(17)22)8-24-19(27)16-18(21)26-9-25-16;1-9-4-10(7-18)6-12(5-9)20-15-13(16)3-2-11(8-19)14(15)17/h2-6,9H,8H2,1H3,(H,24,27)(H,25,26);2-6H,8,19H2,1H3. The minimum atomic E-state index is -0.721. The minimum Gasteiger partial charge on any atom is -0.453 e. The van der Waals surface area contributed by atoms with Gasteiger partial charge in [0.1, 0.15) is 16.7 Å². The van der Waals surface area contributed by atoms with Crippen molar-refractivity contribution < 1.29 is 23.0 Å². The second-order valence-electron chi connectivity index (χ2n) is 10.1. The van der Waals surface area contributed by atoms with E-state index in [0.29, 0.717) is 22.4 Å². The van der Waals surface area contributed by atoms with Crippen LogP contribution in [0.1, 0.15) is 43.9 Å². The lowest BCUT2D eigenvalue weighted by molar-refractivity contribution is 0.0946. The molecule has 244 valence electrons. The Hall–Kier alpha value is -5.17. The SMILES string of the molecule is Cc1cc(C#N)cc(Oc2c(Cl)ccc(CN)c2F)c1.Cc1cc(C#N)cc(Oc2c(Cl)ccc(CNC(=O)c3nc[nH]c3Cl)c2F)c1. The number of benzene rings is 4. The van der Waals surface area contributed by atoms with Crippen LogP contribution in [0.2, 0.25) is 15.2 Å². The molecule has 1 heterocycles. The molecule has 4 aromatic carbocycles. The Kier molecular flexibility index (Phi) is 12.0. The Morgan fingerprint density at radius 1 is 0.854 bits per heavy atom. The molecule has 0 aliphatic heterocycles. The molecule has 14 heteroatoms. The Labute approximate surface area is 289 Å². The molecule has 0 fully saturated rings. The molecule has 5 aromatic rings. The van der Waals surface area contributed by atoms with Crippen LogP contribution in [0, 0.1) is 48.1 Å². The first-order valence-corrected chi connectivity index (χ1v) is 15.1. The number of nitrogens with zero attached hydrogens (tertiary/aromatic N) is 3. The van der Waals surface area contributed by atoms with E-state index in [1.807, 2.05) is 19.1 Å². The van der Waals surface area contributed by atoms with Crippen LogP contribution in [-0.2, 0) is 13.1 Å². The molecule has 0 radical (unpaired) electrons. The van der Waals surface area contributed by atoms with Gasteiger partial charge < -0.3 is 25.5 Å². The Bertz CT molecular complexity index is 2070. The van der Waals surface area contributed by atoms with E-state index in [9.17, 15) is 13.6 Å². The molecular weight excluding hydrogens is 685 g/mol. The van der Waals surface area contributed by atoms with Crippen molar-refractivity contribution in [2.45, 2.75) is 26.9 Å². The van der Waals surface area contributed by atoms with E-state index in [4.69, 9.17) is 60.5 Å². The fourth-order valence-corrected chi connectivity index (χ4v) is 4.85. The number of hydrogen-bond acceptors (Lipinski definition) is 7. The highest BCUT2D eigenvalue weighted by atomic mass is 35.5. The lowest BCUT2D eigenvalue weighted by Gasteiger charge is -2.13. The van der Waals surface area contributed by atoms with Crippen molar-refractivity contribution in [3.63, 3.8) is 0 Å². The third kappa shape index (κ3) is 8.79. The maximum absolute atomic E-state index is 14.9. The van der Waals surface area contributed by atoms with Crippen molar-refractivity contribution in [1.29, 1.82) is 10.5 Å². The van der Waals surface area contributed by atoms with E-state index in [2.05, 4.69) is 15.3 Å². The van der Waals surface area contributed by atoms with Crippen molar-refractivity contribution in [3.8, 4) is 35.1 Å². The number of carbonyl (C=O) groups is 1. The largest absolute Gasteiger partial charge is 0.453 e. The number of nitrogens with two attached hydrogens (primary N) is 1. The van der Waals surface area contributed by atoms with Crippen molar-refractivity contribution >= 4 is 40.7 Å². The Morgan fingerprint density at radius 2 is 1.35 bits per heavy atom. The summed E-state index contributed by atoms with van der Waals surface area (Å²) in [6.07, 6.45) is 1.28. The number of ether oxygens (including phenoxy) is 2. The van der Waals surface area contributed by atoms with Gasteiger partial charge in [-0.25, -0.2) is 13.8 Å². The van der Waals surface area contributed by atoms with E-state index in [1.54, 1.807) is 31.2 Å². The molecule has 9 nitrogen and oxygen atoms in total. The number of aromatic amines is 1. The number of hydrogen-bond donors (Lipinski definition) is 3. The second-order valence-corrected chi connectivity index (χ2v) is 11.3. The molecule has 4 N–H and O–H groups in total. The molecule has 0 spiro atoms. The van der Waals surface area contributed by atoms with E-state index in [-0.39, 0.29) is 56.8 Å². The summed E-state index contributed by atoms with van der Waals surface area (Å²) in [5.74, 6) is -1.50. The molecule has 0 aliphatic rings. The number of nitriles is 2. The van der Waals surface area contributed by atoms with E-state index in [0.717, 1.165) is 11.1 Å². The second kappa shape index (κ2) is 16.1. The molecule has 0 saturated heterocycles. The number of halogens is 5. The third-order valence-corrected chi connectivity index (χ3v) is 7.41. The molecular formula is C34H25Cl3F2N6O3. The van der Waals surface area contributed by atoms with Crippen LogP contribution < -0.4 is 20.5 Å². The summed E-state index contributed by atoms with van der Waals surface area (Å²) in [6, 6.07) is 19.7. The van der Waals surface area contributed by atoms with Crippen LogP contribution in [0.4, 0.5) is 8.78 Å². The van der Waals surface area contributed by atoms with Gasteiger partial charge in [0.05, 0.1) is 39.6 Å². The highest BCUT2D eigenvalue weighted by Gasteiger charge is 2.18. The van der Waals surface area contributed by atoms with Crippen LogP contribution >= 0.6 is 34.8 Å². The molecule has 1 amide bonds. The minimum absolute atomic E-state index is 0.0105. The molecule has 0 bridgehead atoms. The van der Waals surface area contributed by atoms with Crippen molar-refractivity contribution in [2.24, 2.45) is 5.73 Å².